The second kappa shape index (κ2) is 8.73. The Morgan fingerprint density at radius 2 is 1.68 bits per heavy atom. The zero-order valence-corrected chi connectivity index (χ0v) is 14.6. The van der Waals surface area contributed by atoms with Crippen LogP contribution in [0.15, 0.2) is 0 Å². The molecule has 0 aromatic carbocycles. The zero-order chi connectivity index (χ0) is 15.4. The fourth-order valence-electron chi connectivity index (χ4n) is 3.42. The van der Waals surface area contributed by atoms with Gasteiger partial charge in [0.2, 0.25) is 11.8 Å². The molecule has 2 amide bonds. The maximum atomic E-state index is 12.4. The molecule has 5 nitrogen and oxygen atoms in total. The van der Waals surface area contributed by atoms with Gasteiger partial charge in [0, 0.05) is 44.6 Å². The summed E-state index contributed by atoms with van der Waals surface area (Å²) in [6.45, 7) is 6.72. The predicted octanol–water partition coefficient (Wildman–Crippen LogP) is 1.64. The Labute approximate surface area is 140 Å². The number of hydrogen-bond acceptors (Lipinski definition) is 3. The molecule has 0 bridgehead atoms. The summed E-state index contributed by atoms with van der Waals surface area (Å²) in [7, 11) is 0. The normalized spacial score (nSPS) is 25.8. The molecule has 1 heterocycles. The van der Waals surface area contributed by atoms with Crippen LogP contribution in [0.3, 0.4) is 0 Å². The van der Waals surface area contributed by atoms with Crippen molar-refractivity contribution >= 4 is 24.2 Å². The van der Waals surface area contributed by atoms with Crippen molar-refractivity contribution in [3.05, 3.63) is 0 Å². The molecule has 2 rings (SSSR count). The minimum Gasteiger partial charge on any atom is -0.341 e. The van der Waals surface area contributed by atoms with E-state index in [9.17, 15) is 9.59 Å². The fourth-order valence-corrected chi connectivity index (χ4v) is 3.42. The minimum absolute atomic E-state index is 0. The Morgan fingerprint density at radius 3 is 2.27 bits per heavy atom. The van der Waals surface area contributed by atoms with E-state index >= 15 is 0 Å². The molecule has 0 unspecified atom stereocenters. The van der Waals surface area contributed by atoms with Gasteiger partial charge in [0.05, 0.1) is 0 Å². The lowest BCUT2D eigenvalue weighted by molar-refractivity contribution is -0.135. The van der Waals surface area contributed by atoms with Crippen LogP contribution in [0.2, 0.25) is 0 Å². The quantitative estimate of drug-likeness (QED) is 0.855. The first-order valence-electron chi connectivity index (χ1n) is 8.31. The lowest BCUT2D eigenvalue weighted by atomic mass is 9.99. The van der Waals surface area contributed by atoms with Crippen LogP contribution < -0.4 is 5.73 Å². The van der Waals surface area contributed by atoms with Gasteiger partial charge in [-0.15, -0.1) is 12.4 Å². The molecule has 0 aromatic heterocycles. The summed E-state index contributed by atoms with van der Waals surface area (Å²) in [5.41, 5.74) is 6.06. The van der Waals surface area contributed by atoms with Gasteiger partial charge < -0.3 is 15.5 Å². The van der Waals surface area contributed by atoms with Crippen LogP contribution in [0.5, 0.6) is 0 Å². The topological polar surface area (TPSA) is 66.6 Å². The second-order valence-corrected chi connectivity index (χ2v) is 6.77. The molecule has 0 spiro atoms. The number of rotatable bonds is 3. The van der Waals surface area contributed by atoms with Crippen molar-refractivity contribution < 1.29 is 9.59 Å². The summed E-state index contributed by atoms with van der Waals surface area (Å²) in [5, 5.41) is 0. The summed E-state index contributed by atoms with van der Waals surface area (Å²) in [6.07, 6.45) is 4.74. The van der Waals surface area contributed by atoms with Gasteiger partial charge in [-0.2, -0.15) is 0 Å². The Hall–Kier alpha value is -0.810. The Balaban J connectivity index is 0.00000242. The summed E-state index contributed by atoms with van der Waals surface area (Å²) in [6, 6.07) is 0.194. The van der Waals surface area contributed by atoms with Crippen molar-refractivity contribution in [3.8, 4) is 0 Å². The van der Waals surface area contributed by atoms with Gasteiger partial charge in [0.1, 0.15) is 0 Å². The van der Waals surface area contributed by atoms with Gasteiger partial charge in [0.25, 0.3) is 0 Å². The van der Waals surface area contributed by atoms with Crippen molar-refractivity contribution in [2.24, 2.45) is 17.6 Å². The number of carbonyl (C=O) groups is 2. The zero-order valence-electron chi connectivity index (χ0n) is 13.8. The van der Waals surface area contributed by atoms with Crippen molar-refractivity contribution in [1.29, 1.82) is 0 Å². The molecule has 1 saturated heterocycles. The monoisotopic (exact) mass is 331 g/mol. The van der Waals surface area contributed by atoms with Gasteiger partial charge >= 0.3 is 0 Å². The van der Waals surface area contributed by atoms with E-state index in [0.29, 0.717) is 25.4 Å². The smallest absolute Gasteiger partial charge is 0.225 e. The number of nitrogens with two attached hydrogens (primary N) is 1. The number of hydrogen-bond donors (Lipinski definition) is 1. The first kappa shape index (κ1) is 19.2. The van der Waals surface area contributed by atoms with Gasteiger partial charge in [-0.3, -0.25) is 9.59 Å². The molecule has 6 heteroatoms. The number of amides is 2. The lowest BCUT2D eigenvalue weighted by Gasteiger charge is -2.25. The van der Waals surface area contributed by atoms with Crippen molar-refractivity contribution in [3.63, 3.8) is 0 Å². The van der Waals surface area contributed by atoms with Crippen LogP contribution in [0, 0.1) is 11.8 Å². The molecular weight excluding hydrogens is 302 g/mol. The fraction of sp³-hybridized carbons (Fsp3) is 0.875. The average molecular weight is 332 g/mol. The molecule has 128 valence electrons. The molecule has 1 aliphatic carbocycles. The number of nitrogens with zero attached hydrogens (tertiary/aromatic N) is 2. The molecule has 0 radical (unpaired) electrons. The number of carbonyl (C=O) groups excluding carboxylic acids is 2. The van der Waals surface area contributed by atoms with E-state index in [0.717, 1.165) is 38.8 Å². The molecule has 1 aliphatic heterocycles. The van der Waals surface area contributed by atoms with Crippen LogP contribution in [0.1, 0.15) is 46.0 Å². The lowest BCUT2D eigenvalue weighted by Crippen LogP contribution is -2.40. The van der Waals surface area contributed by atoms with Crippen molar-refractivity contribution in [2.45, 2.75) is 52.0 Å². The Kier molecular flexibility index (Phi) is 7.63. The van der Waals surface area contributed by atoms with Crippen LogP contribution in [0.4, 0.5) is 0 Å². The van der Waals surface area contributed by atoms with Gasteiger partial charge in [-0.1, -0.05) is 20.3 Å². The van der Waals surface area contributed by atoms with Gasteiger partial charge in [0.15, 0.2) is 0 Å². The molecule has 2 N–H and O–H groups in total. The van der Waals surface area contributed by atoms with Crippen LogP contribution >= 0.6 is 12.4 Å². The average Bonchev–Trinajstić information content (AvgIpc) is 2.72. The van der Waals surface area contributed by atoms with E-state index in [-0.39, 0.29) is 36.2 Å². The highest BCUT2D eigenvalue weighted by Crippen LogP contribution is 2.27. The van der Waals surface area contributed by atoms with E-state index in [2.05, 4.69) is 0 Å². The standard InChI is InChI=1S/C16H29N3O2.ClH/c1-12(2)16(21)19-8-4-7-18(9-10-19)15(20)11-13-5-3-6-14(13)17;/h12-14H,3-11,17H2,1-2H3;1H/t13-,14+;/m0./s1. The van der Waals surface area contributed by atoms with Gasteiger partial charge in [-0.05, 0) is 25.2 Å². The van der Waals surface area contributed by atoms with Gasteiger partial charge in [-0.25, -0.2) is 0 Å². The van der Waals surface area contributed by atoms with Crippen LogP contribution in [0.25, 0.3) is 0 Å². The third kappa shape index (κ3) is 4.85. The Bertz CT molecular complexity index is 390. The van der Waals surface area contributed by atoms with Crippen LogP contribution in [-0.4, -0.2) is 53.8 Å². The maximum absolute atomic E-state index is 12.4. The van der Waals surface area contributed by atoms with E-state index in [1.807, 2.05) is 23.6 Å². The third-order valence-electron chi connectivity index (χ3n) is 4.81. The summed E-state index contributed by atoms with van der Waals surface area (Å²) in [4.78, 5) is 28.3. The summed E-state index contributed by atoms with van der Waals surface area (Å²) >= 11 is 0. The first-order chi connectivity index (χ1) is 9.99. The Morgan fingerprint density at radius 1 is 1.05 bits per heavy atom. The van der Waals surface area contributed by atoms with Crippen molar-refractivity contribution in [1.82, 2.24) is 9.80 Å². The first-order valence-corrected chi connectivity index (χ1v) is 8.31. The van der Waals surface area contributed by atoms with Crippen molar-refractivity contribution in [2.75, 3.05) is 26.2 Å². The molecule has 1 saturated carbocycles. The largest absolute Gasteiger partial charge is 0.341 e. The third-order valence-corrected chi connectivity index (χ3v) is 4.81. The van der Waals surface area contributed by atoms with E-state index in [1.54, 1.807) is 0 Å². The molecule has 22 heavy (non-hydrogen) atoms. The SMILES string of the molecule is CC(C)C(=O)N1CCCN(C(=O)C[C@@H]2CCC[C@H]2N)CC1.Cl. The highest BCUT2D eigenvalue weighted by molar-refractivity contribution is 5.85. The summed E-state index contributed by atoms with van der Waals surface area (Å²) in [5.74, 6) is 0.802. The molecule has 2 aliphatic rings. The highest BCUT2D eigenvalue weighted by Gasteiger charge is 2.29. The van der Waals surface area contributed by atoms with E-state index < -0.39 is 0 Å². The molecule has 2 atom stereocenters. The van der Waals surface area contributed by atoms with Crippen LogP contribution in [-0.2, 0) is 9.59 Å². The molecule has 2 fully saturated rings. The molecule has 0 aromatic rings. The molecular formula is C16H30ClN3O2. The van der Waals surface area contributed by atoms with E-state index in [4.69, 9.17) is 5.73 Å². The summed E-state index contributed by atoms with van der Waals surface area (Å²) < 4.78 is 0. The maximum Gasteiger partial charge on any atom is 0.225 e. The highest BCUT2D eigenvalue weighted by atomic mass is 35.5. The minimum atomic E-state index is 0. The predicted molar refractivity (Wildman–Crippen MR) is 89.8 cm³/mol. The second-order valence-electron chi connectivity index (χ2n) is 6.77. The van der Waals surface area contributed by atoms with E-state index in [1.165, 1.54) is 0 Å². The number of halogens is 1.